The van der Waals surface area contributed by atoms with Gasteiger partial charge in [0, 0.05) is 66.2 Å². The van der Waals surface area contributed by atoms with E-state index >= 15 is 0 Å². The van der Waals surface area contributed by atoms with Crippen molar-refractivity contribution in [2.45, 2.75) is 70.3 Å². The van der Waals surface area contributed by atoms with Gasteiger partial charge in [-0.15, -0.1) is 0 Å². The van der Waals surface area contributed by atoms with Gasteiger partial charge < -0.3 is 5.32 Å². The molecule has 3 aliphatic heterocycles. The number of nitrogens with zero attached hydrogens (tertiary/aromatic N) is 4. The van der Waals surface area contributed by atoms with E-state index in [-0.39, 0.29) is 11.8 Å². The third-order valence-corrected chi connectivity index (χ3v) is 7.83. The van der Waals surface area contributed by atoms with E-state index in [0.717, 1.165) is 63.1 Å². The lowest BCUT2D eigenvalue weighted by atomic mass is 9.74. The number of piperidine rings is 3. The van der Waals surface area contributed by atoms with Crippen LogP contribution in [0.25, 0.3) is 11.4 Å². The molecule has 6 nitrogen and oxygen atoms in total. The number of amides is 1. The van der Waals surface area contributed by atoms with Crippen LogP contribution in [-0.2, 0) is 4.79 Å². The molecule has 1 N–H and O–H groups in total. The van der Waals surface area contributed by atoms with Crippen molar-refractivity contribution in [2.75, 3.05) is 19.6 Å². The molecule has 1 aliphatic carbocycles. The average molecular weight is 434 g/mol. The number of carbonyl (C=O) groups is 1. The second-order valence-electron chi connectivity index (χ2n) is 9.85. The summed E-state index contributed by atoms with van der Waals surface area (Å²) in [6.45, 7) is 7.45. The summed E-state index contributed by atoms with van der Waals surface area (Å²) in [6.07, 6.45) is 10.3. The Labute approximate surface area is 191 Å². The largest absolute Gasteiger partial charge is 0.354 e. The van der Waals surface area contributed by atoms with Crippen molar-refractivity contribution in [1.29, 1.82) is 0 Å². The topological polar surface area (TPSA) is 71.0 Å². The molecule has 0 aromatic carbocycles. The van der Waals surface area contributed by atoms with Crippen molar-refractivity contribution in [1.82, 2.24) is 25.2 Å². The summed E-state index contributed by atoms with van der Waals surface area (Å²) in [5, 5.41) is 3.21. The summed E-state index contributed by atoms with van der Waals surface area (Å²) in [4.78, 5) is 29.0. The van der Waals surface area contributed by atoms with E-state index < -0.39 is 0 Å². The normalized spacial score (nSPS) is 27.0. The lowest BCUT2D eigenvalue weighted by molar-refractivity contribution is -0.122. The molecule has 4 atom stereocenters. The molecule has 32 heavy (non-hydrogen) atoms. The smallest absolute Gasteiger partial charge is 0.223 e. The van der Waals surface area contributed by atoms with Gasteiger partial charge in [0.1, 0.15) is 0 Å². The highest BCUT2D eigenvalue weighted by Crippen LogP contribution is 2.42. The van der Waals surface area contributed by atoms with Gasteiger partial charge in [-0.1, -0.05) is 13.8 Å². The van der Waals surface area contributed by atoms with Crippen LogP contribution in [0, 0.1) is 11.8 Å². The quantitative estimate of drug-likeness (QED) is 0.677. The van der Waals surface area contributed by atoms with E-state index in [1.165, 1.54) is 17.8 Å². The predicted octanol–water partition coefficient (Wildman–Crippen LogP) is 4.15. The molecule has 0 radical (unpaired) electrons. The SMILES string of the molecule is CCC(CC)c1cc([C@@H]2CN3CC[C@H]2C[C@@H]3CNC(=O)C2CC2)nc(-c2ccncc2)n1. The third-order valence-electron chi connectivity index (χ3n) is 7.83. The van der Waals surface area contributed by atoms with Crippen LogP contribution in [0.5, 0.6) is 0 Å². The van der Waals surface area contributed by atoms with Crippen LogP contribution in [0.3, 0.4) is 0 Å². The number of carbonyl (C=O) groups excluding carboxylic acids is 1. The Hall–Kier alpha value is -2.34. The van der Waals surface area contributed by atoms with Gasteiger partial charge in [0.15, 0.2) is 5.82 Å². The molecule has 0 spiro atoms. The zero-order chi connectivity index (χ0) is 22.1. The number of fused-ring (bicyclic) bond motifs is 3. The van der Waals surface area contributed by atoms with E-state index in [4.69, 9.17) is 9.97 Å². The Kier molecular flexibility index (Phi) is 6.22. The maximum atomic E-state index is 12.1. The second kappa shape index (κ2) is 9.26. The number of rotatable bonds is 8. The zero-order valence-electron chi connectivity index (χ0n) is 19.3. The van der Waals surface area contributed by atoms with Crippen molar-refractivity contribution < 1.29 is 4.79 Å². The van der Waals surface area contributed by atoms with Crippen LogP contribution in [0.1, 0.15) is 75.6 Å². The monoisotopic (exact) mass is 433 g/mol. The molecular formula is C26H35N5O. The average Bonchev–Trinajstić information content (AvgIpc) is 3.70. The maximum Gasteiger partial charge on any atom is 0.223 e. The first kappa shape index (κ1) is 21.5. The molecular weight excluding hydrogens is 398 g/mol. The highest BCUT2D eigenvalue weighted by Gasteiger charge is 2.42. The van der Waals surface area contributed by atoms with E-state index in [1.807, 2.05) is 24.5 Å². The first-order valence-corrected chi connectivity index (χ1v) is 12.5. The molecule has 4 aliphatic rings. The van der Waals surface area contributed by atoms with Crippen LogP contribution in [0.15, 0.2) is 30.6 Å². The van der Waals surface area contributed by atoms with Crippen molar-refractivity contribution in [3.05, 3.63) is 42.0 Å². The fourth-order valence-corrected chi connectivity index (χ4v) is 5.62. The number of hydrogen-bond acceptors (Lipinski definition) is 5. The minimum atomic E-state index is 0.261. The summed E-state index contributed by atoms with van der Waals surface area (Å²) in [7, 11) is 0. The predicted molar refractivity (Wildman–Crippen MR) is 125 cm³/mol. The Balaban J connectivity index is 1.38. The minimum absolute atomic E-state index is 0.261. The molecule has 1 saturated carbocycles. The van der Waals surface area contributed by atoms with E-state index in [1.54, 1.807) is 0 Å². The molecule has 2 aromatic heterocycles. The summed E-state index contributed by atoms with van der Waals surface area (Å²) in [6, 6.07) is 6.77. The number of pyridine rings is 1. The van der Waals surface area contributed by atoms with Crippen molar-refractivity contribution in [3.63, 3.8) is 0 Å². The number of aromatic nitrogens is 3. The van der Waals surface area contributed by atoms with Gasteiger partial charge in [0.05, 0.1) is 0 Å². The summed E-state index contributed by atoms with van der Waals surface area (Å²) in [5.41, 5.74) is 3.41. The lowest BCUT2D eigenvalue weighted by Gasteiger charge is -2.49. The van der Waals surface area contributed by atoms with Gasteiger partial charge in [-0.3, -0.25) is 14.7 Å². The molecule has 2 bridgehead atoms. The van der Waals surface area contributed by atoms with Gasteiger partial charge in [-0.2, -0.15) is 0 Å². The Morgan fingerprint density at radius 1 is 1.16 bits per heavy atom. The van der Waals surface area contributed by atoms with Gasteiger partial charge in [-0.05, 0) is 69.2 Å². The van der Waals surface area contributed by atoms with Crippen molar-refractivity contribution >= 4 is 5.91 Å². The molecule has 5 heterocycles. The summed E-state index contributed by atoms with van der Waals surface area (Å²) in [5.74, 6) is 2.90. The number of hydrogen-bond donors (Lipinski definition) is 1. The highest BCUT2D eigenvalue weighted by molar-refractivity contribution is 5.80. The van der Waals surface area contributed by atoms with Crippen LogP contribution in [0.2, 0.25) is 0 Å². The standard InChI is InChI=1S/C26H35N5O/c1-3-17(4-2)23-14-24(30-25(29-23)18-7-10-27-11-8-18)22-16-31-12-9-20(22)13-21(31)15-28-26(32)19-5-6-19/h7-8,10-11,14,17,19-22H,3-6,9,12-13,15-16H2,1-2H3,(H,28,32)/t20-,21+,22+/m0/s1. The Morgan fingerprint density at radius 2 is 1.94 bits per heavy atom. The molecule has 1 unspecified atom stereocenters. The van der Waals surface area contributed by atoms with Crippen LogP contribution in [-0.4, -0.2) is 51.4 Å². The zero-order valence-corrected chi connectivity index (χ0v) is 19.3. The van der Waals surface area contributed by atoms with E-state index in [9.17, 15) is 4.79 Å². The van der Waals surface area contributed by atoms with Gasteiger partial charge >= 0.3 is 0 Å². The Morgan fingerprint density at radius 3 is 2.59 bits per heavy atom. The maximum absolute atomic E-state index is 12.1. The third kappa shape index (κ3) is 4.42. The molecule has 1 amide bonds. The second-order valence-corrected chi connectivity index (χ2v) is 9.85. The first-order chi connectivity index (χ1) is 15.7. The van der Waals surface area contributed by atoms with E-state index in [0.29, 0.717) is 23.8 Å². The van der Waals surface area contributed by atoms with Crippen molar-refractivity contribution in [2.24, 2.45) is 11.8 Å². The van der Waals surface area contributed by atoms with Crippen molar-refractivity contribution in [3.8, 4) is 11.4 Å². The van der Waals surface area contributed by atoms with Crippen LogP contribution < -0.4 is 5.32 Å². The fraction of sp³-hybridized carbons (Fsp3) is 0.615. The minimum Gasteiger partial charge on any atom is -0.354 e. The molecule has 4 fully saturated rings. The summed E-state index contributed by atoms with van der Waals surface area (Å²) < 4.78 is 0. The molecule has 6 rings (SSSR count). The Bertz CT molecular complexity index is 940. The van der Waals surface area contributed by atoms with Crippen LogP contribution in [0.4, 0.5) is 0 Å². The molecule has 3 saturated heterocycles. The van der Waals surface area contributed by atoms with Crippen LogP contribution >= 0.6 is 0 Å². The summed E-state index contributed by atoms with van der Waals surface area (Å²) >= 11 is 0. The molecule has 2 aromatic rings. The first-order valence-electron chi connectivity index (χ1n) is 12.5. The highest BCUT2D eigenvalue weighted by atomic mass is 16.2. The van der Waals surface area contributed by atoms with Gasteiger partial charge in [0.2, 0.25) is 5.91 Å². The lowest BCUT2D eigenvalue weighted by Crippen LogP contribution is -2.56. The molecule has 170 valence electrons. The van der Waals surface area contributed by atoms with E-state index in [2.05, 4.69) is 35.1 Å². The fourth-order valence-electron chi connectivity index (χ4n) is 5.62. The van der Waals surface area contributed by atoms with Gasteiger partial charge in [0.25, 0.3) is 0 Å². The number of nitrogens with one attached hydrogen (secondary N) is 1. The van der Waals surface area contributed by atoms with Gasteiger partial charge in [-0.25, -0.2) is 9.97 Å². The molecule has 6 heteroatoms.